The molecule has 0 amide bonds. The topological polar surface area (TPSA) is 33.2 Å². The molecule has 0 aliphatic heterocycles. The van der Waals surface area contributed by atoms with Crippen LogP contribution in [0.2, 0.25) is 0 Å². The second-order valence-electron chi connectivity index (χ2n) is 4.93. The SMILES string of the molecule is CCC(C)(C=O)CN(C)CCc1ccccn1. The third kappa shape index (κ3) is 4.65. The minimum absolute atomic E-state index is 0.223. The standard InChI is InChI=1S/C14H22N2O/c1-4-14(2,12-17)11-16(3)10-8-13-7-5-6-9-15-13/h5-7,9,12H,4,8,10-11H2,1-3H3. The van der Waals surface area contributed by atoms with Gasteiger partial charge >= 0.3 is 0 Å². The Morgan fingerprint density at radius 2 is 2.24 bits per heavy atom. The summed E-state index contributed by atoms with van der Waals surface area (Å²) in [6.07, 6.45) is 4.70. The Hall–Kier alpha value is -1.22. The van der Waals surface area contributed by atoms with E-state index in [0.29, 0.717) is 0 Å². The zero-order valence-electron chi connectivity index (χ0n) is 11.0. The molecule has 0 saturated heterocycles. The van der Waals surface area contributed by atoms with Crippen LogP contribution in [0.5, 0.6) is 0 Å². The zero-order valence-corrected chi connectivity index (χ0v) is 11.0. The number of carbonyl (C=O) groups is 1. The second kappa shape index (κ2) is 6.50. The summed E-state index contributed by atoms with van der Waals surface area (Å²) >= 11 is 0. The molecule has 1 rings (SSSR count). The molecule has 1 atom stereocenters. The highest BCUT2D eigenvalue weighted by molar-refractivity contribution is 5.58. The summed E-state index contributed by atoms with van der Waals surface area (Å²) in [6, 6.07) is 5.96. The fourth-order valence-corrected chi connectivity index (χ4v) is 1.78. The summed E-state index contributed by atoms with van der Waals surface area (Å²) in [6.45, 7) is 5.80. The fourth-order valence-electron chi connectivity index (χ4n) is 1.78. The molecular formula is C14H22N2O. The summed E-state index contributed by atoms with van der Waals surface area (Å²) in [4.78, 5) is 17.5. The van der Waals surface area contributed by atoms with Crippen LogP contribution in [0.4, 0.5) is 0 Å². The van der Waals surface area contributed by atoms with Gasteiger partial charge in [-0.3, -0.25) is 4.98 Å². The van der Waals surface area contributed by atoms with Crippen LogP contribution in [0.3, 0.4) is 0 Å². The third-order valence-electron chi connectivity index (χ3n) is 3.20. The van der Waals surface area contributed by atoms with Crippen LogP contribution in [-0.4, -0.2) is 36.3 Å². The lowest BCUT2D eigenvalue weighted by Gasteiger charge is -2.27. The molecule has 1 aromatic rings. The van der Waals surface area contributed by atoms with Gasteiger partial charge in [-0.15, -0.1) is 0 Å². The molecule has 0 bridgehead atoms. The van der Waals surface area contributed by atoms with E-state index in [-0.39, 0.29) is 5.41 Å². The number of hydrogen-bond donors (Lipinski definition) is 0. The van der Waals surface area contributed by atoms with Gasteiger partial charge in [0.25, 0.3) is 0 Å². The van der Waals surface area contributed by atoms with Gasteiger partial charge in [0, 0.05) is 36.8 Å². The molecule has 3 nitrogen and oxygen atoms in total. The normalized spacial score (nSPS) is 14.6. The molecule has 1 aromatic heterocycles. The summed E-state index contributed by atoms with van der Waals surface area (Å²) in [5, 5.41) is 0. The number of likely N-dealkylation sites (N-methyl/N-ethyl adjacent to an activating group) is 1. The van der Waals surface area contributed by atoms with Crippen molar-refractivity contribution in [1.29, 1.82) is 0 Å². The first-order chi connectivity index (χ1) is 8.09. The van der Waals surface area contributed by atoms with Crippen LogP contribution in [0.15, 0.2) is 24.4 Å². The Balaban J connectivity index is 2.40. The van der Waals surface area contributed by atoms with E-state index >= 15 is 0 Å². The van der Waals surface area contributed by atoms with E-state index in [1.807, 2.05) is 31.3 Å². The number of hydrogen-bond acceptors (Lipinski definition) is 3. The fraction of sp³-hybridized carbons (Fsp3) is 0.571. The Kier molecular flexibility index (Phi) is 5.29. The molecule has 94 valence electrons. The maximum Gasteiger partial charge on any atom is 0.127 e. The number of aldehydes is 1. The lowest BCUT2D eigenvalue weighted by atomic mass is 9.89. The van der Waals surface area contributed by atoms with E-state index in [9.17, 15) is 4.79 Å². The minimum atomic E-state index is -0.223. The molecule has 0 fully saturated rings. The summed E-state index contributed by atoms with van der Waals surface area (Å²) in [5.74, 6) is 0. The van der Waals surface area contributed by atoms with Crippen LogP contribution in [0.1, 0.15) is 26.0 Å². The van der Waals surface area contributed by atoms with Gasteiger partial charge in [0.1, 0.15) is 6.29 Å². The molecule has 0 spiro atoms. The highest BCUT2D eigenvalue weighted by Crippen LogP contribution is 2.18. The first kappa shape index (κ1) is 13.8. The predicted octanol–water partition coefficient (Wildman–Crippen LogP) is 2.17. The van der Waals surface area contributed by atoms with E-state index in [1.54, 1.807) is 0 Å². The molecular weight excluding hydrogens is 212 g/mol. The van der Waals surface area contributed by atoms with Crippen molar-refractivity contribution in [1.82, 2.24) is 9.88 Å². The van der Waals surface area contributed by atoms with Gasteiger partial charge in [0.05, 0.1) is 0 Å². The van der Waals surface area contributed by atoms with Crippen molar-refractivity contribution in [2.75, 3.05) is 20.1 Å². The van der Waals surface area contributed by atoms with Crippen molar-refractivity contribution >= 4 is 6.29 Å². The van der Waals surface area contributed by atoms with Gasteiger partial charge in [0.2, 0.25) is 0 Å². The van der Waals surface area contributed by atoms with E-state index in [0.717, 1.165) is 37.9 Å². The van der Waals surface area contributed by atoms with Gasteiger partial charge in [-0.1, -0.05) is 19.9 Å². The van der Waals surface area contributed by atoms with Crippen LogP contribution in [0.25, 0.3) is 0 Å². The van der Waals surface area contributed by atoms with Gasteiger partial charge in [0.15, 0.2) is 0 Å². The Bertz CT molecular complexity index is 339. The molecule has 0 radical (unpaired) electrons. The molecule has 3 heteroatoms. The van der Waals surface area contributed by atoms with Crippen molar-refractivity contribution in [3.63, 3.8) is 0 Å². The average molecular weight is 234 g/mol. The third-order valence-corrected chi connectivity index (χ3v) is 3.20. The van der Waals surface area contributed by atoms with Crippen molar-refractivity contribution in [3.05, 3.63) is 30.1 Å². The average Bonchev–Trinajstić information content (AvgIpc) is 2.37. The first-order valence-electron chi connectivity index (χ1n) is 6.14. The van der Waals surface area contributed by atoms with Gasteiger partial charge in [-0.25, -0.2) is 0 Å². The van der Waals surface area contributed by atoms with Crippen LogP contribution in [-0.2, 0) is 11.2 Å². The zero-order chi connectivity index (χ0) is 12.7. The van der Waals surface area contributed by atoms with Crippen LogP contribution >= 0.6 is 0 Å². The highest BCUT2D eigenvalue weighted by Gasteiger charge is 2.22. The highest BCUT2D eigenvalue weighted by atomic mass is 16.1. The maximum atomic E-state index is 11.0. The molecule has 1 heterocycles. The van der Waals surface area contributed by atoms with Gasteiger partial charge < -0.3 is 9.69 Å². The molecule has 1 unspecified atom stereocenters. The van der Waals surface area contributed by atoms with Crippen molar-refractivity contribution in [2.24, 2.45) is 5.41 Å². The van der Waals surface area contributed by atoms with E-state index in [4.69, 9.17) is 0 Å². The number of rotatable bonds is 7. The number of aromatic nitrogens is 1. The molecule has 0 aliphatic carbocycles. The molecule has 17 heavy (non-hydrogen) atoms. The van der Waals surface area contributed by atoms with Crippen molar-refractivity contribution < 1.29 is 4.79 Å². The summed E-state index contributed by atoms with van der Waals surface area (Å²) in [7, 11) is 2.06. The van der Waals surface area contributed by atoms with Crippen LogP contribution < -0.4 is 0 Å². The van der Waals surface area contributed by atoms with Crippen molar-refractivity contribution in [3.8, 4) is 0 Å². The number of nitrogens with zero attached hydrogens (tertiary/aromatic N) is 2. The predicted molar refractivity (Wildman–Crippen MR) is 69.9 cm³/mol. The Labute approximate surface area is 104 Å². The number of carbonyl (C=O) groups excluding carboxylic acids is 1. The van der Waals surface area contributed by atoms with Crippen molar-refractivity contribution in [2.45, 2.75) is 26.7 Å². The Morgan fingerprint density at radius 1 is 1.47 bits per heavy atom. The first-order valence-corrected chi connectivity index (χ1v) is 6.14. The second-order valence-corrected chi connectivity index (χ2v) is 4.93. The van der Waals surface area contributed by atoms with Gasteiger partial charge in [-0.05, 0) is 25.6 Å². The minimum Gasteiger partial charge on any atom is -0.305 e. The summed E-state index contributed by atoms with van der Waals surface area (Å²) in [5.41, 5.74) is 0.877. The smallest absolute Gasteiger partial charge is 0.127 e. The largest absolute Gasteiger partial charge is 0.305 e. The molecule has 0 aliphatic rings. The number of pyridine rings is 1. The quantitative estimate of drug-likeness (QED) is 0.678. The van der Waals surface area contributed by atoms with E-state index in [2.05, 4.69) is 23.9 Å². The lowest BCUT2D eigenvalue weighted by Crippen LogP contribution is -2.35. The molecule has 0 saturated carbocycles. The van der Waals surface area contributed by atoms with E-state index < -0.39 is 0 Å². The van der Waals surface area contributed by atoms with Gasteiger partial charge in [-0.2, -0.15) is 0 Å². The van der Waals surface area contributed by atoms with Crippen LogP contribution in [0, 0.1) is 5.41 Å². The Morgan fingerprint density at radius 3 is 2.76 bits per heavy atom. The summed E-state index contributed by atoms with van der Waals surface area (Å²) < 4.78 is 0. The molecule has 0 aromatic carbocycles. The maximum absolute atomic E-state index is 11.0. The van der Waals surface area contributed by atoms with E-state index in [1.165, 1.54) is 0 Å². The molecule has 0 N–H and O–H groups in total. The monoisotopic (exact) mass is 234 g/mol. The lowest BCUT2D eigenvalue weighted by molar-refractivity contribution is -0.116.